The van der Waals surface area contributed by atoms with E-state index >= 15 is 0 Å². The number of hydrogen-bond donors (Lipinski definition) is 2. The summed E-state index contributed by atoms with van der Waals surface area (Å²) in [5.74, 6) is -0.774. The minimum absolute atomic E-state index is 0.204. The molecule has 3 amide bonds. The van der Waals surface area contributed by atoms with Crippen LogP contribution in [-0.2, 0) is 33.6 Å². The quantitative estimate of drug-likeness (QED) is 0.129. The molecule has 0 aliphatic rings. The Morgan fingerprint density at radius 2 is 1.43 bits per heavy atom. The van der Waals surface area contributed by atoms with Crippen LogP contribution in [-0.4, -0.2) is 65.8 Å². The van der Waals surface area contributed by atoms with Gasteiger partial charge in [-0.25, -0.2) is 0 Å². The van der Waals surface area contributed by atoms with Crippen molar-refractivity contribution in [3.05, 3.63) is 130 Å². The molecular weight excluding hydrogens is 629 g/mol. The summed E-state index contributed by atoms with van der Waals surface area (Å²) in [6, 6.07) is 30.7. The number of carbonyl (C=O) groups is 3. The maximum atomic E-state index is 14.5. The van der Waals surface area contributed by atoms with E-state index in [1.54, 1.807) is 31.5 Å². The van der Waals surface area contributed by atoms with Crippen LogP contribution in [0.5, 0.6) is 0 Å². The third-order valence-electron chi connectivity index (χ3n) is 8.61. The van der Waals surface area contributed by atoms with Gasteiger partial charge < -0.3 is 20.9 Å². The van der Waals surface area contributed by atoms with Crippen LogP contribution in [0.3, 0.4) is 0 Å². The van der Waals surface area contributed by atoms with Gasteiger partial charge in [0.25, 0.3) is 0 Å². The monoisotopic (exact) mass is 678 g/mol. The molecule has 1 aromatic heterocycles. The van der Waals surface area contributed by atoms with E-state index in [0.29, 0.717) is 38.6 Å². The molecule has 4 aromatic rings. The number of nitrogens with zero attached hydrogens (tertiary/aromatic N) is 2. The molecule has 2 atom stereocenters. The molecule has 3 N–H and O–H groups in total. The number of benzene rings is 3. The Hall–Kier alpha value is -4.53. The zero-order valence-corrected chi connectivity index (χ0v) is 30.2. The lowest BCUT2D eigenvalue weighted by Gasteiger charge is -2.34. The molecule has 4 rings (SSSR count). The largest absolute Gasteiger partial charge is 0.354 e. The third kappa shape index (κ3) is 11.5. The van der Waals surface area contributed by atoms with Crippen LogP contribution in [0.25, 0.3) is 11.1 Å². The van der Waals surface area contributed by atoms with Crippen molar-refractivity contribution < 1.29 is 14.4 Å². The zero-order chi connectivity index (χ0) is 35.4. The van der Waals surface area contributed by atoms with Gasteiger partial charge in [-0.3, -0.25) is 14.4 Å². The standard InChI is InChI=1S/C41H50N4O3S/c1-30(29-41(2,3)42)27-38(46)44(4)37(28-32-18-20-34(21-19-32)33-15-10-7-11-16-33)40(48)45(5)36(23-22-35-17-12-26-49-35)39(47)43-25-24-31-13-8-6-9-14-31/h6-21,26-27,36-37H,22-25,28-29,42H2,1-5H3,(H,43,47)/b30-27+/t36-,37-/m1/s1. The second kappa shape index (κ2) is 17.7. The summed E-state index contributed by atoms with van der Waals surface area (Å²) in [4.78, 5) is 46.1. The maximum Gasteiger partial charge on any atom is 0.246 e. The molecule has 0 aliphatic heterocycles. The minimum atomic E-state index is -0.837. The Kier molecular flexibility index (Phi) is 13.5. The van der Waals surface area contributed by atoms with E-state index in [1.807, 2.05) is 111 Å². The lowest BCUT2D eigenvalue weighted by atomic mass is 9.96. The molecule has 1 heterocycles. The van der Waals surface area contributed by atoms with Crippen molar-refractivity contribution in [1.29, 1.82) is 0 Å². The Bertz CT molecular complexity index is 1660. The highest BCUT2D eigenvalue weighted by molar-refractivity contribution is 7.09. The molecule has 7 nitrogen and oxygen atoms in total. The Morgan fingerprint density at radius 3 is 2.04 bits per heavy atom. The number of thiophene rings is 1. The number of amides is 3. The van der Waals surface area contributed by atoms with E-state index in [2.05, 4.69) is 17.4 Å². The van der Waals surface area contributed by atoms with Crippen molar-refractivity contribution in [2.45, 2.75) is 70.5 Å². The fraction of sp³-hybridized carbons (Fsp3) is 0.341. The van der Waals surface area contributed by atoms with Gasteiger partial charge in [-0.1, -0.05) is 96.6 Å². The smallest absolute Gasteiger partial charge is 0.246 e. The number of nitrogens with one attached hydrogen (secondary N) is 1. The van der Waals surface area contributed by atoms with Crippen molar-refractivity contribution in [3.8, 4) is 11.1 Å². The summed E-state index contributed by atoms with van der Waals surface area (Å²) >= 11 is 1.63. The number of rotatable bonds is 16. The zero-order valence-electron chi connectivity index (χ0n) is 29.4. The molecule has 8 heteroatoms. The minimum Gasteiger partial charge on any atom is -0.354 e. The van der Waals surface area contributed by atoms with Gasteiger partial charge in [-0.2, -0.15) is 0 Å². The molecule has 0 radical (unpaired) electrons. The highest BCUT2D eigenvalue weighted by Crippen LogP contribution is 2.22. The topological polar surface area (TPSA) is 95.7 Å². The molecule has 0 aliphatic carbocycles. The first kappa shape index (κ1) is 37.3. The normalized spacial score (nSPS) is 13.0. The number of aryl methyl sites for hydroxylation is 1. The predicted octanol–water partition coefficient (Wildman–Crippen LogP) is 6.68. The fourth-order valence-corrected chi connectivity index (χ4v) is 6.75. The fourth-order valence-electron chi connectivity index (χ4n) is 6.03. The van der Waals surface area contributed by atoms with Crippen molar-refractivity contribution >= 4 is 29.1 Å². The van der Waals surface area contributed by atoms with Crippen molar-refractivity contribution in [1.82, 2.24) is 15.1 Å². The maximum absolute atomic E-state index is 14.5. The van der Waals surface area contributed by atoms with Crippen LogP contribution in [0.2, 0.25) is 0 Å². The lowest BCUT2D eigenvalue weighted by Crippen LogP contribution is -2.55. The summed E-state index contributed by atoms with van der Waals surface area (Å²) in [6.07, 6.45) is 4.21. The summed E-state index contributed by atoms with van der Waals surface area (Å²) < 4.78 is 0. The molecule has 0 saturated heterocycles. The Morgan fingerprint density at radius 1 is 0.796 bits per heavy atom. The average Bonchev–Trinajstić information content (AvgIpc) is 3.60. The average molecular weight is 679 g/mol. The van der Waals surface area contributed by atoms with Gasteiger partial charge in [0.2, 0.25) is 17.7 Å². The first-order valence-corrected chi connectivity index (χ1v) is 17.8. The van der Waals surface area contributed by atoms with Gasteiger partial charge in [-0.15, -0.1) is 11.3 Å². The summed E-state index contributed by atoms with van der Waals surface area (Å²) in [7, 11) is 3.34. The summed E-state index contributed by atoms with van der Waals surface area (Å²) in [5, 5.41) is 5.09. The van der Waals surface area contributed by atoms with Crippen molar-refractivity contribution in [2.75, 3.05) is 20.6 Å². The molecular formula is C41H50N4O3S. The van der Waals surface area contributed by atoms with Crippen LogP contribution in [0, 0.1) is 0 Å². The van der Waals surface area contributed by atoms with Crippen LogP contribution < -0.4 is 11.1 Å². The SMILES string of the molecule is C/C(=C\C(=O)N(C)[C@H](Cc1ccc(-c2ccccc2)cc1)C(=O)N(C)[C@H](CCc1cccs1)C(=O)NCCc1ccccc1)CC(C)(C)N. The third-order valence-corrected chi connectivity index (χ3v) is 9.55. The van der Waals surface area contributed by atoms with Gasteiger partial charge in [0.05, 0.1) is 0 Å². The summed E-state index contributed by atoms with van der Waals surface area (Å²) in [5.41, 5.74) is 10.8. The second-order valence-electron chi connectivity index (χ2n) is 13.5. The van der Waals surface area contributed by atoms with Gasteiger partial charge >= 0.3 is 0 Å². The first-order chi connectivity index (χ1) is 23.4. The predicted molar refractivity (Wildman–Crippen MR) is 201 cm³/mol. The molecule has 3 aromatic carbocycles. The molecule has 0 spiro atoms. The highest BCUT2D eigenvalue weighted by Gasteiger charge is 2.34. The highest BCUT2D eigenvalue weighted by atomic mass is 32.1. The molecule has 258 valence electrons. The van der Waals surface area contributed by atoms with Gasteiger partial charge in [0.15, 0.2) is 0 Å². The van der Waals surface area contributed by atoms with E-state index in [1.165, 1.54) is 9.80 Å². The van der Waals surface area contributed by atoms with Gasteiger partial charge in [-0.05, 0) is 80.2 Å². The molecule has 0 fully saturated rings. The van der Waals surface area contributed by atoms with E-state index in [0.717, 1.165) is 32.7 Å². The van der Waals surface area contributed by atoms with Crippen LogP contribution >= 0.6 is 11.3 Å². The van der Waals surface area contributed by atoms with Gasteiger partial charge in [0, 0.05) is 43.6 Å². The lowest BCUT2D eigenvalue weighted by molar-refractivity contribution is -0.146. The van der Waals surface area contributed by atoms with Crippen molar-refractivity contribution in [3.63, 3.8) is 0 Å². The van der Waals surface area contributed by atoms with Crippen molar-refractivity contribution in [2.24, 2.45) is 5.73 Å². The molecule has 0 unspecified atom stereocenters. The molecule has 0 bridgehead atoms. The Labute approximate surface area is 295 Å². The van der Waals surface area contributed by atoms with E-state index in [9.17, 15) is 14.4 Å². The first-order valence-electron chi connectivity index (χ1n) is 16.9. The van der Waals surface area contributed by atoms with Crippen LogP contribution in [0.4, 0.5) is 0 Å². The van der Waals surface area contributed by atoms with E-state index in [4.69, 9.17) is 5.73 Å². The van der Waals surface area contributed by atoms with E-state index in [-0.39, 0.29) is 17.7 Å². The number of carbonyl (C=O) groups excluding carboxylic acids is 3. The molecule has 49 heavy (non-hydrogen) atoms. The number of hydrogen-bond acceptors (Lipinski definition) is 5. The van der Waals surface area contributed by atoms with Crippen LogP contribution in [0.15, 0.2) is 114 Å². The number of likely N-dealkylation sites (N-methyl/N-ethyl adjacent to an activating group) is 2. The van der Waals surface area contributed by atoms with E-state index < -0.39 is 17.6 Å². The second-order valence-corrected chi connectivity index (χ2v) is 14.5. The Balaban J connectivity index is 1.59. The van der Waals surface area contributed by atoms with Crippen LogP contribution in [0.1, 0.15) is 49.6 Å². The molecule has 0 saturated carbocycles. The summed E-state index contributed by atoms with van der Waals surface area (Å²) in [6.45, 7) is 6.17. The van der Waals surface area contributed by atoms with Gasteiger partial charge in [0.1, 0.15) is 12.1 Å². The number of nitrogens with two attached hydrogens (primary N) is 1.